The number of hydrogen-bond donors (Lipinski definition) is 0. The van der Waals surface area contributed by atoms with Crippen molar-refractivity contribution in [2.45, 2.75) is 19.0 Å². The van der Waals surface area contributed by atoms with E-state index in [0.717, 1.165) is 16.6 Å². The van der Waals surface area contributed by atoms with Crippen molar-refractivity contribution in [3.63, 3.8) is 0 Å². The van der Waals surface area contributed by atoms with Crippen LogP contribution in [0.1, 0.15) is 6.92 Å². The van der Waals surface area contributed by atoms with Crippen LogP contribution in [0.15, 0.2) is 29.3 Å². The van der Waals surface area contributed by atoms with Gasteiger partial charge >= 0.3 is 0 Å². The van der Waals surface area contributed by atoms with Crippen molar-refractivity contribution in [3.05, 3.63) is 29.3 Å². The van der Waals surface area contributed by atoms with Gasteiger partial charge in [0.25, 0.3) is 0 Å². The number of halogens is 1. The number of thioether (sulfide) groups is 1. The number of anilines is 1. The molecule has 0 aliphatic carbocycles. The first kappa shape index (κ1) is 14.2. The summed E-state index contributed by atoms with van der Waals surface area (Å²) in [4.78, 5) is 6.66. The molecule has 0 aromatic heterocycles. The summed E-state index contributed by atoms with van der Waals surface area (Å²) in [5.74, 6) is 1.25. The monoisotopic (exact) mass is 330 g/mol. The van der Waals surface area contributed by atoms with Crippen LogP contribution in [0.4, 0.5) is 5.69 Å². The third kappa shape index (κ3) is 2.56. The van der Waals surface area contributed by atoms with Crippen molar-refractivity contribution in [3.8, 4) is 0 Å². The largest absolute Gasteiger partial charge is 0.315 e. The molecule has 108 valence electrons. The Labute approximate surface area is 128 Å². The fourth-order valence-electron chi connectivity index (χ4n) is 2.67. The minimum absolute atomic E-state index is 0.0739. The van der Waals surface area contributed by atoms with E-state index >= 15 is 0 Å². The lowest BCUT2D eigenvalue weighted by Crippen LogP contribution is -2.39. The maximum Gasteiger partial charge on any atom is 0.164 e. The van der Waals surface area contributed by atoms with Crippen molar-refractivity contribution < 1.29 is 8.42 Å². The molecule has 1 aromatic rings. The smallest absolute Gasteiger partial charge is 0.164 e. The van der Waals surface area contributed by atoms with E-state index in [-0.39, 0.29) is 23.6 Å². The maximum absolute atomic E-state index is 11.8. The Bertz CT molecular complexity index is 643. The standard InChI is InChI=1S/C13H15ClN2O2S2/c1-2-19-13-15-11-7-20(17,18)8-12(11)16(13)10-5-3-9(14)4-6-10/h3-6,11-12H,2,7-8H2,1H3. The fourth-order valence-corrected chi connectivity index (χ4v) is 5.48. The van der Waals surface area contributed by atoms with E-state index in [9.17, 15) is 8.42 Å². The second kappa shape index (κ2) is 5.24. The Kier molecular flexibility index (Phi) is 3.73. The minimum atomic E-state index is -2.98. The number of rotatable bonds is 2. The lowest BCUT2D eigenvalue weighted by molar-refractivity contribution is 0.601. The molecule has 0 amide bonds. The number of benzene rings is 1. The lowest BCUT2D eigenvalue weighted by Gasteiger charge is -2.26. The van der Waals surface area contributed by atoms with Crippen molar-refractivity contribution in [1.82, 2.24) is 0 Å². The summed E-state index contributed by atoms with van der Waals surface area (Å²) in [6.45, 7) is 2.07. The molecule has 1 saturated heterocycles. The summed E-state index contributed by atoms with van der Waals surface area (Å²) < 4.78 is 23.6. The first-order chi connectivity index (χ1) is 9.50. The summed E-state index contributed by atoms with van der Waals surface area (Å²) >= 11 is 7.57. The molecule has 2 aliphatic rings. The molecule has 4 nitrogen and oxygen atoms in total. The number of amidine groups is 1. The van der Waals surface area contributed by atoms with Crippen LogP contribution in [0.2, 0.25) is 5.02 Å². The Hall–Kier alpha value is -0.720. The van der Waals surface area contributed by atoms with Crippen molar-refractivity contribution >= 4 is 44.1 Å². The average molecular weight is 331 g/mol. The lowest BCUT2D eigenvalue weighted by atomic mass is 10.1. The molecule has 2 unspecified atom stereocenters. The average Bonchev–Trinajstić information content (AvgIpc) is 2.82. The molecule has 3 rings (SSSR count). The SMILES string of the molecule is CCSC1=NC2CS(=O)(=O)CC2N1c1ccc(Cl)cc1. The second-order valence-electron chi connectivity index (χ2n) is 4.90. The van der Waals surface area contributed by atoms with Crippen LogP contribution in [0.25, 0.3) is 0 Å². The van der Waals surface area contributed by atoms with Gasteiger partial charge in [-0.25, -0.2) is 8.42 Å². The van der Waals surface area contributed by atoms with Crippen molar-refractivity contribution in [1.29, 1.82) is 0 Å². The molecule has 1 aromatic carbocycles. The van der Waals surface area contributed by atoms with E-state index in [0.29, 0.717) is 5.02 Å². The van der Waals surface area contributed by atoms with Gasteiger partial charge in [0.1, 0.15) is 0 Å². The molecule has 0 spiro atoms. The molecule has 0 radical (unpaired) electrons. The first-order valence-corrected chi connectivity index (χ1v) is 9.64. The molecule has 0 saturated carbocycles. The molecular weight excluding hydrogens is 316 g/mol. The molecule has 2 aliphatic heterocycles. The van der Waals surface area contributed by atoms with Crippen molar-refractivity contribution in [2.24, 2.45) is 4.99 Å². The van der Waals surface area contributed by atoms with Gasteiger partial charge < -0.3 is 4.90 Å². The maximum atomic E-state index is 11.8. The van der Waals surface area contributed by atoms with Gasteiger partial charge in [-0.2, -0.15) is 0 Å². The summed E-state index contributed by atoms with van der Waals surface area (Å²) in [7, 11) is -2.98. The Morgan fingerprint density at radius 1 is 1.35 bits per heavy atom. The Balaban J connectivity index is 1.97. The first-order valence-electron chi connectivity index (χ1n) is 6.46. The molecule has 7 heteroatoms. The van der Waals surface area contributed by atoms with E-state index in [1.165, 1.54) is 0 Å². The van der Waals surface area contributed by atoms with Crippen LogP contribution in [0.3, 0.4) is 0 Å². The molecular formula is C13H15ClN2O2S2. The van der Waals surface area contributed by atoms with E-state index in [2.05, 4.69) is 16.8 Å². The zero-order chi connectivity index (χ0) is 14.3. The number of aliphatic imine (C=N–C) groups is 1. The summed E-state index contributed by atoms with van der Waals surface area (Å²) in [6, 6.07) is 7.27. The van der Waals surface area contributed by atoms with Gasteiger partial charge in [-0.1, -0.05) is 30.3 Å². The summed E-state index contributed by atoms with van der Waals surface area (Å²) in [5.41, 5.74) is 0.957. The van der Waals surface area contributed by atoms with Gasteiger partial charge in [-0.15, -0.1) is 0 Å². The van der Waals surface area contributed by atoms with Gasteiger partial charge in [0, 0.05) is 10.7 Å². The second-order valence-corrected chi connectivity index (χ2v) is 8.72. The minimum Gasteiger partial charge on any atom is -0.315 e. The highest BCUT2D eigenvalue weighted by Gasteiger charge is 2.46. The fraction of sp³-hybridized carbons (Fsp3) is 0.462. The number of fused-ring (bicyclic) bond motifs is 1. The summed E-state index contributed by atoms with van der Waals surface area (Å²) in [6.07, 6.45) is 0. The predicted octanol–water partition coefficient (Wildman–Crippen LogP) is 2.43. The van der Waals surface area contributed by atoms with Crippen LogP contribution < -0.4 is 4.90 Å². The Morgan fingerprint density at radius 3 is 2.70 bits per heavy atom. The highest BCUT2D eigenvalue weighted by molar-refractivity contribution is 8.14. The molecule has 0 bridgehead atoms. The molecule has 0 N–H and O–H groups in total. The third-order valence-corrected chi connectivity index (χ3v) is 6.29. The van der Waals surface area contributed by atoms with Crippen molar-refractivity contribution in [2.75, 3.05) is 22.2 Å². The van der Waals surface area contributed by atoms with Gasteiger partial charge in [0.2, 0.25) is 0 Å². The third-order valence-electron chi connectivity index (χ3n) is 3.49. The van der Waals surface area contributed by atoms with Gasteiger partial charge in [-0.05, 0) is 30.0 Å². The number of nitrogens with zero attached hydrogens (tertiary/aromatic N) is 2. The number of sulfone groups is 1. The topological polar surface area (TPSA) is 49.7 Å². The van der Waals surface area contributed by atoms with E-state index in [4.69, 9.17) is 11.6 Å². The van der Waals surface area contributed by atoms with Gasteiger partial charge in [0.05, 0.1) is 23.6 Å². The predicted molar refractivity (Wildman–Crippen MR) is 85.7 cm³/mol. The Morgan fingerprint density at radius 2 is 2.05 bits per heavy atom. The van der Waals surface area contributed by atoms with E-state index in [1.807, 2.05) is 24.3 Å². The highest BCUT2D eigenvalue weighted by Crippen LogP contribution is 2.35. The quantitative estimate of drug-likeness (QED) is 0.835. The summed E-state index contributed by atoms with van der Waals surface area (Å²) in [5, 5.41) is 1.59. The highest BCUT2D eigenvalue weighted by atomic mass is 35.5. The van der Waals surface area contributed by atoms with Crippen LogP contribution in [0, 0.1) is 0 Å². The number of hydrogen-bond acceptors (Lipinski definition) is 5. The van der Waals surface area contributed by atoms with E-state index < -0.39 is 9.84 Å². The molecule has 1 fully saturated rings. The van der Waals surface area contributed by atoms with Gasteiger partial charge in [-0.3, -0.25) is 4.99 Å². The normalized spacial score (nSPS) is 27.5. The van der Waals surface area contributed by atoms with Crippen LogP contribution in [-0.4, -0.2) is 42.9 Å². The molecule has 2 heterocycles. The van der Waals surface area contributed by atoms with Crippen LogP contribution >= 0.6 is 23.4 Å². The molecule has 20 heavy (non-hydrogen) atoms. The van der Waals surface area contributed by atoms with Crippen LogP contribution in [-0.2, 0) is 9.84 Å². The zero-order valence-electron chi connectivity index (χ0n) is 11.0. The zero-order valence-corrected chi connectivity index (χ0v) is 13.4. The molecule has 2 atom stereocenters. The van der Waals surface area contributed by atoms with Crippen LogP contribution in [0.5, 0.6) is 0 Å². The van der Waals surface area contributed by atoms with E-state index in [1.54, 1.807) is 11.8 Å². The van der Waals surface area contributed by atoms with Gasteiger partial charge in [0.15, 0.2) is 15.0 Å².